The van der Waals surface area contributed by atoms with Crippen LogP contribution in [0.2, 0.25) is 5.02 Å². The SMILES string of the molecule is NC(=O)NC(CC(=O)N1CCN(CC(=O)N2CCCCC2)CC1)c1ccc(Cl)cc1. The van der Waals surface area contributed by atoms with Crippen molar-refractivity contribution < 1.29 is 14.4 Å². The third-order valence-corrected chi connectivity index (χ3v) is 6.01. The Balaban J connectivity index is 1.50. The summed E-state index contributed by atoms with van der Waals surface area (Å²) < 4.78 is 0. The molecule has 1 atom stereocenters. The van der Waals surface area contributed by atoms with Crippen molar-refractivity contribution >= 4 is 29.4 Å². The summed E-state index contributed by atoms with van der Waals surface area (Å²) >= 11 is 5.93. The number of carbonyl (C=O) groups excluding carboxylic acids is 3. The standard InChI is InChI=1S/C21H30ClN5O3/c22-17-6-4-16(5-7-17)18(24-21(23)30)14-19(28)27-12-10-25(11-13-27)15-20(29)26-8-2-1-3-9-26/h4-7,18H,1-3,8-15H2,(H3,23,24,30). The Morgan fingerprint density at radius 3 is 2.10 bits per heavy atom. The number of carbonyl (C=O) groups is 3. The fourth-order valence-electron chi connectivity index (χ4n) is 4.01. The van der Waals surface area contributed by atoms with E-state index in [4.69, 9.17) is 17.3 Å². The Morgan fingerprint density at radius 2 is 1.50 bits per heavy atom. The normalized spacial score (nSPS) is 18.7. The van der Waals surface area contributed by atoms with Crippen molar-refractivity contribution in [2.75, 3.05) is 45.8 Å². The predicted molar refractivity (Wildman–Crippen MR) is 115 cm³/mol. The number of nitrogens with two attached hydrogens (primary N) is 1. The number of hydrogen-bond donors (Lipinski definition) is 2. The zero-order chi connectivity index (χ0) is 21.5. The monoisotopic (exact) mass is 435 g/mol. The van der Waals surface area contributed by atoms with Crippen molar-refractivity contribution in [3.63, 3.8) is 0 Å². The van der Waals surface area contributed by atoms with E-state index in [0.29, 0.717) is 37.7 Å². The van der Waals surface area contributed by atoms with Crippen molar-refractivity contribution in [2.45, 2.75) is 31.7 Å². The van der Waals surface area contributed by atoms with Gasteiger partial charge in [-0.1, -0.05) is 23.7 Å². The summed E-state index contributed by atoms with van der Waals surface area (Å²) in [5.41, 5.74) is 6.07. The van der Waals surface area contributed by atoms with Crippen molar-refractivity contribution in [1.82, 2.24) is 20.0 Å². The molecule has 0 aromatic heterocycles. The van der Waals surface area contributed by atoms with Crippen LogP contribution in [0.4, 0.5) is 4.79 Å². The molecule has 2 heterocycles. The molecule has 2 aliphatic heterocycles. The molecule has 2 aliphatic rings. The molecule has 2 fully saturated rings. The average Bonchev–Trinajstić information content (AvgIpc) is 2.74. The van der Waals surface area contributed by atoms with Crippen molar-refractivity contribution in [3.8, 4) is 0 Å². The number of urea groups is 1. The van der Waals surface area contributed by atoms with Gasteiger partial charge >= 0.3 is 6.03 Å². The summed E-state index contributed by atoms with van der Waals surface area (Å²) in [6.45, 7) is 4.59. The summed E-state index contributed by atoms with van der Waals surface area (Å²) in [5.74, 6) is 0.133. The molecule has 0 spiro atoms. The summed E-state index contributed by atoms with van der Waals surface area (Å²) in [6, 6.07) is 5.81. The first kappa shape index (κ1) is 22.4. The second-order valence-corrected chi connectivity index (χ2v) is 8.35. The van der Waals surface area contributed by atoms with E-state index in [2.05, 4.69) is 10.2 Å². The molecule has 0 bridgehead atoms. The van der Waals surface area contributed by atoms with E-state index in [-0.39, 0.29) is 18.2 Å². The molecule has 1 unspecified atom stereocenters. The van der Waals surface area contributed by atoms with Crippen LogP contribution < -0.4 is 11.1 Å². The molecular formula is C21H30ClN5O3. The Kier molecular flexibility index (Phi) is 7.93. The number of hydrogen-bond acceptors (Lipinski definition) is 4. The second-order valence-electron chi connectivity index (χ2n) is 7.92. The molecule has 8 nitrogen and oxygen atoms in total. The molecule has 3 rings (SSSR count). The lowest BCUT2D eigenvalue weighted by atomic mass is 10.0. The van der Waals surface area contributed by atoms with Gasteiger partial charge in [-0.25, -0.2) is 4.79 Å². The first-order chi connectivity index (χ1) is 14.4. The quantitative estimate of drug-likeness (QED) is 0.708. The lowest BCUT2D eigenvalue weighted by Crippen LogP contribution is -2.52. The minimum Gasteiger partial charge on any atom is -0.352 e. The van der Waals surface area contributed by atoms with Crippen LogP contribution in [-0.2, 0) is 9.59 Å². The highest BCUT2D eigenvalue weighted by Gasteiger charge is 2.27. The van der Waals surface area contributed by atoms with Crippen LogP contribution in [0.1, 0.15) is 37.3 Å². The number of halogens is 1. The number of rotatable bonds is 6. The number of primary amides is 1. The summed E-state index contributed by atoms with van der Waals surface area (Å²) in [7, 11) is 0. The maximum Gasteiger partial charge on any atom is 0.312 e. The van der Waals surface area contributed by atoms with Crippen LogP contribution in [0.5, 0.6) is 0 Å². The number of benzene rings is 1. The van der Waals surface area contributed by atoms with Crippen molar-refractivity contribution in [3.05, 3.63) is 34.9 Å². The molecule has 0 saturated carbocycles. The number of nitrogens with zero attached hydrogens (tertiary/aromatic N) is 3. The van der Waals surface area contributed by atoms with Gasteiger partial charge in [0, 0.05) is 44.3 Å². The Hall–Kier alpha value is -2.32. The van der Waals surface area contributed by atoms with Crippen LogP contribution in [0.15, 0.2) is 24.3 Å². The van der Waals surface area contributed by atoms with Gasteiger partial charge in [0.2, 0.25) is 11.8 Å². The molecule has 9 heteroatoms. The highest BCUT2D eigenvalue weighted by molar-refractivity contribution is 6.30. The van der Waals surface area contributed by atoms with Gasteiger partial charge in [0.25, 0.3) is 0 Å². The smallest absolute Gasteiger partial charge is 0.312 e. The number of nitrogens with one attached hydrogen (secondary N) is 1. The second kappa shape index (κ2) is 10.6. The third-order valence-electron chi connectivity index (χ3n) is 5.76. The molecule has 30 heavy (non-hydrogen) atoms. The molecule has 2 saturated heterocycles. The first-order valence-electron chi connectivity index (χ1n) is 10.5. The van der Waals surface area contributed by atoms with Crippen molar-refractivity contribution in [2.24, 2.45) is 5.73 Å². The van der Waals surface area contributed by atoms with Crippen LogP contribution in [0.25, 0.3) is 0 Å². The van der Waals surface area contributed by atoms with E-state index in [1.807, 2.05) is 4.90 Å². The third kappa shape index (κ3) is 6.34. The van der Waals surface area contributed by atoms with Crippen LogP contribution >= 0.6 is 11.6 Å². The van der Waals surface area contributed by atoms with Gasteiger partial charge in [0.15, 0.2) is 0 Å². The number of likely N-dealkylation sites (tertiary alicyclic amines) is 1. The van der Waals surface area contributed by atoms with E-state index in [0.717, 1.165) is 31.5 Å². The predicted octanol–water partition coefficient (Wildman–Crippen LogP) is 1.60. The van der Waals surface area contributed by atoms with Gasteiger partial charge in [-0.3, -0.25) is 14.5 Å². The first-order valence-corrected chi connectivity index (χ1v) is 10.9. The average molecular weight is 436 g/mol. The lowest BCUT2D eigenvalue weighted by molar-refractivity contribution is -0.135. The Morgan fingerprint density at radius 1 is 0.900 bits per heavy atom. The largest absolute Gasteiger partial charge is 0.352 e. The van der Waals surface area contributed by atoms with Crippen molar-refractivity contribution in [1.29, 1.82) is 0 Å². The van der Waals surface area contributed by atoms with E-state index in [1.165, 1.54) is 6.42 Å². The van der Waals surface area contributed by atoms with E-state index < -0.39 is 12.1 Å². The molecule has 0 radical (unpaired) electrons. The van der Waals surface area contributed by atoms with Gasteiger partial charge in [0.05, 0.1) is 19.0 Å². The molecule has 1 aromatic carbocycles. The zero-order valence-electron chi connectivity index (χ0n) is 17.2. The number of piperidine rings is 1. The minimum atomic E-state index is -0.677. The molecule has 164 valence electrons. The van der Waals surface area contributed by atoms with E-state index >= 15 is 0 Å². The maximum absolute atomic E-state index is 12.8. The highest BCUT2D eigenvalue weighted by atomic mass is 35.5. The molecule has 3 N–H and O–H groups in total. The van der Waals surface area contributed by atoms with E-state index in [9.17, 15) is 14.4 Å². The van der Waals surface area contributed by atoms with Gasteiger partial charge in [-0.15, -0.1) is 0 Å². The Labute approximate surface area is 182 Å². The zero-order valence-corrected chi connectivity index (χ0v) is 17.9. The summed E-state index contributed by atoms with van der Waals surface area (Å²) in [6.07, 6.45) is 3.49. The number of amides is 4. The molecular weight excluding hydrogens is 406 g/mol. The maximum atomic E-state index is 12.8. The van der Waals surface area contributed by atoms with Gasteiger partial charge in [0.1, 0.15) is 0 Å². The van der Waals surface area contributed by atoms with Gasteiger partial charge < -0.3 is 20.9 Å². The summed E-state index contributed by atoms with van der Waals surface area (Å²) in [4.78, 5) is 42.5. The van der Waals surface area contributed by atoms with Crippen LogP contribution in [-0.4, -0.2) is 78.4 Å². The Bertz CT molecular complexity index is 744. The topological polar surface area (TPSA) is 99.0 Å². The highest BCUT2D eigenvalue weighted by Crippen LogP contribution is 2.21. The van der Waals surface area contributed by atoms with Crippen LogP contribution in [0, 0.1) is 0 Å². The van der Waals surface area contributed by atoms with Gasteiger partial charge in [-0.05, 0) is 37.0 Å². The lowest BCUT2D eigenvalue weighted by Gasteiger charge is -2.36. The molecule has 1 aromatic rings. The molecule has 4 amide bonds. The minimum absolute atomic E-state index is 0.0503. The van der Waals surface area contributed by atoms with E-state index in [1.54, 1.807) is 29.2 Å². The fourth-order valence-corrected chi connectivity index (χ4v) is 4.14. The van der Waals surface area contributed by atoms with Gasteiger partial charge in [-0.2, -0.15) is 0 Å². The number of piperazine rings is 1. The fraction of sp³-hybridized carbons (Fsp3) is 0.571. The van der Waals surface area contributed by atoms with Crippen LogP contribution in [0.3, 0.4) is 0 Å². The molecule has 0 aliphatic carbocycles. The summed E-state index contributed by atoms with van der Waals surface area (Å²) in [5, 5.41) is 3.23.